The van der Waals surface area contributed by atoms with Crippen LogP contribution in [0.5, 0.6) is 5.88 Å². The van der Waals surface area contributed by atoms with Gasteiger partial charge in [-0.25, -0.2) is 4.98 Å². The Morgan fingerprint density at radius 1 is 1.24 bits per heavy atom. The Morgan fingerprint density at radius 3 is 2.61 bits per heavy atom. The number of ether oxygens (including phenoxy) is 1. The van der Waals surface area contributed by atoms with Crippen molar-refractivity contribution in [3.05, 3.63) is 47.7 Å². The number of hydrogen-bond donors (Lipinski definition) is 1. The fourth-order valence-corrected chi connectivity index (χ4v) is 3.93. The molecule has 2 amide bonds. The number of nitrogens with zero attached hydrogens (tertiary/aromatic N) is 4. The third-order valence-electron chi connectivity index (χ3n) is 5.92. The van der Waals surface area contributed by atoms with Gasteiger partial charge in [0.2, 0.25) is 5.88 Å². The summed E-state index contributed by atoms with van der Waals surface area (Å²) in [5.41, 5.74) is 2.41. The first-order chi connectivity index (χ1) is 15.6. The number of aliphatic hydroxyl groups excluding tert-OH is 1. The number of aromatic nitrogens is 1. The largest absolute Gasteiger partial charge is 0.472 e. The number of aliphatic hydroxyl groups is 1. The SMILES string of the molecule is C[C@@H]1CN([C@H](C)CO)C(=O)c2cc(-c3cccc(C(=O)N(C)C)c3)cnc2O[C@@H]1CN(C)C. The molecule has 33 heavy (non-hydrogen) atoms. The number of carbonyl (C=O) groups is 2. The maximum absolute atomic E-state index is 13.5. The van der Waals surface area contributed by atoms with Crippen LogP contribution in [0.25, 0.3) is 11.1 Å². The smallest absolute Gasteiger partial charge is 0.259 e. The van der Waals surface area contributed by atoms with E-state index < -0.39 is 0 Å². The average Bonchev–Trinajstić information content (AvgIpc) is 2.79. The first-order valence-corrected chi connectivity index (χ1v) is 11.2. The van der Waals surface area contributed by atoms with Crippen molar-refractivity contribution in [2.45, 2.75) is 26.0 Å². The predicted octanol–water partition coefficient (Wildman–Crippen LogP) is 2.23. The molecule has 0 saturated heterocycles. The highest BCUT2D eigenvalue weighted by molar-refractivity contribution is 5.98. The monoisotopic (exact) mass is 454 g/mol. The van der Waals surface area contributed by atoms with Gasteiger partial charge in [-0.2, -0.15) is 0 Å². The Bertz CT molecular complexity index is 1010. The molecule has 0 radical (unpaired) electrons. The number of hydrogen-bond acceptors (Lipinski definition) is 6. The van der Waals surface area contributed by atoms with Crippen molar-refractivity contribution in [3.63, 3.8) is 0 Å². The second-order valence-corrected chi connectivity index (χ2v) is 9.24. The van der Waals surface area contributed by atoms with Gasteiger partial charge in [0, 0.05) is 50.4 Å². The van der Waals surface area contributed by atoms with E-state index in [2.05, 4.69) is 4.98 Å². The van der Waals surface area contributed by atoms with Gasteiger partial charge in [0.15, 0.2) is 0 Å². The van der Waals surface area contributed by atoms with E-state index in [4.69, 9.17) is 4.74 Å². The topological polar surface area (TPSA) is 86.2 Å². The summed E-state index contributed by atoms with van der Waals surface area (Å²) in [4.78, 5) is 35.7. The average molecular weight is 455 g/mol. The maximum atomic E-state index is 13.5. The van der Waals surface area contributed by atoms with E-state index in [9.17, 15) is 14.7 Å². The molecular weight excluding hydrogens is 420 g/mol. The van der Waals surface area contributed by atoms with Gasteiger partial charge in [-0.3, -0.25) is 9.59 Å². The molecule has 0 aliphatic carbocycles. The second kappa shape index (κ2) is 10.3. The summed E-state index contributed by atoms with van der Waals surface area (Å²) in [5.74, 6) is 0.0158. The highest BCUT2D eigenvalue weighted by Gasteiger charge is 2.34. The summed E-state index contributed by atoms with van der Waals surface area (Å²) >= 11 is 0. The summed E-state index contributed by atoms with van der Waals surface area (Å²) in [7, 11) is 7.38. The zero-order valence-corrected chi connectivity index (χ0v) is 20.3. The van der Waals surface area contributed by atoms with Crippen molar-refractivity contribution in [1.29, 1.82) is 0 Å². The summed E-state index contributed by atoms with van der Waals surface area (Å²) < 4.78 is 6.25. The van der Waals surface area contributed by atoms with E-state index in [1.165, 1.54) is 4.90 Å². The van der Waals surface area contributed by atoms with Crippen LogP contribution in [-0.4, -0.2) is 96.6 Å². The fraction of sp³-hybridized carbons (Fsp3) is 0.480. The molecule has 0 saturated carbocycles. The molecule has 1 aromatic heterocycles. The third kappa shape index (κ3) is 5.51. The highest BCUT2D eigenvalue weighted by atomic mass is 16.5. The molecule has 178 valence electrons. The first-order valence-electron chi connectivity index (χ1n) is 11.2. The summed E-state index contributed by atoms with van der Waals surface area (Å²) in [6, 6.07) is 8.69. The standard InChI is InChI=1S/C25H34N4O4/c1-16-13-29(17(2)15-30)25(32)21-11-20(12-26-23(21)33-22(16)14-27(3)4)18-8-7-9-19(10-18)24(31)28(5)6/h7-12,16-17,22,30H,13-15H2,1-6H3/t16-,17-,22-/m1/s1. The van der Waals surface area contributed by atoms with Crippen LogP contribution in [0.15, 0.2) is 36.5 Å². The quantitative estimate of drug-likeness (QED) is 0.721. The zero-order chi connectivity index (χ0) is 24.3. The molecule has 0 unspecified atom stereocenters. The summed E-state index contributed by atoms with van der Waals surface area (Å²) in [6.45, 7) is 4.89. The minimum absolute atomic E-state index is 0.0497. The van der Waals surface area contributed by atoms with Gasteiger partial charge in [-0.05, 0) is 44.8 Å². The van der Waals surface area contributed by atoms with Crippen molar-refractivity contribution in [2.24, 2.45) is 5.92 Å². The van der Waals surface area contributed by atoms with Crippen LogP contribution in [0.3, 0.4) is 0 Å². The van der Waals surface area contributed by atoms with Crippen molar-refractivity contribution < 1.29 is 19.4 Å². The van der Waals surface area contributed by atoms with E-state index in [1.54, 1.807) is 43.4 Å². The van der Waals surface area contributed by atoms with Crippen molar-refractivity contribution in [3.8, 4) is 17.0 Å². The normalized spacial score (nSPS) is 19.4. The minimum atomic E-state index is -0.337. The number of benzene rings is 1. The fourth-order valence-electron chi connectivity index (χ4n) is 3.93. The van der Waals surface area contributed by atoms with Gasteiger partial charge >= 0.3 is 0 Å². The van der Waals surface area contributed by atoms with E-state index in [0.29, 0.717) is 29.8 Å². The molecule has 2 aromatic rings. The van der Waals surface area contributed by atoms with E-state index >= 15 is 0 Å². The molecule has 8 heteroatoms. The second-order valence-electron chi connectivity index (χ2n) is 9.24. The molecule has 8 nitrogen and oxygen atoms in total. The Labute approximate surface area is 195 Å². The van der Waals surface area contributed by atoms with Gasteiger partial charge in [0.25, 0.3) is 11.8 Å². The lowest BCUT2D eigenvalue weighted by atomic mass is 9.98. The van der Waals surface area contributed by atoms with E-state index in [-0.39, 0.29) is 42.4 Å². The number of likely N-dealkylation sites (N-methyl/N-ethyl adjacent to an activating group) is 1. The zero-order valence-electron chi connectivity index (χ0n) is 20.3. The van der Waals surface area contributed by atoms with Crippen LogP contribution >= 0.6 is 0 Å². The van der Waals surface area contributed by atoms with Crippen molar-refractivity contribution in [1.82, 2.24) is 19.7 Å². The molecule has 0 fully saturated rings. The molecule has 1 aromatic carbocycles. The molecule has 3 rings (SSSR count). The number of fused-ring (bicyclic) bond motifs is 1. The van der Waals surface area contributed by atoms with Crippen LogP contribution in [0, 0.1) is 5.92 Å². The molecule has 0 spiro atoms. The Balaban J connectivity index is 2.07. The van der Waals surface area contributed by atoms with Gasteiger partial charge in [0.1, 0.15) is 11.7 Å². The lowest BCUT2D eigenvalue weighted by molar-refractivity contribution is 0.0348. The van der Waals surface area contributed by atoms with E-state index in [0.717, 1.165) is 5.56 Å². The number of amides is 2. The molecule has 1 aliphatic rings. The predicted molar refractivity (Wildman–Crippen MR) is 127 cm³/mol. The van der Waals surface area contributed by atoms with Crippen molar-refractivity contribution >= 4 is 11.8 Å². The van der Waals surface area contributed by atoms with Crippen molar-refractivity contribution in [2.75, 3.05) is 47.9 Å². The Kier molecular flexibility index (Phi) is 7.71. The van der Waals surface area contributed by atoms with Gasteiger partial charge < -0.3 is 24.5 Å². The number of carbonyl (C=O) groups excluding carboxylic acids is 2. The van der Waals surface area contributed by atoms with Gasteiger partial charge in [-0.15, -0.1) is 0 Å². The molecule has 1 aliphatic heterocycles. The van der Waals surface area contributed by atoms with Gasteiger partial charge in [0.05, 0.1) is 12.6 Å². The van der Waals surface area contributed by atoms with Crippen LogP contribution in [-0.2, 0) is 0 Å². The Hall–Kier alpha value is -2.97. The van der Waals surface area contributed by atoms with Crippen LogP contribution in [0.2, 0.25) is 0 Å². The minimum Gasteiger partial charge on any atom is -0.472 e. The Morgan fingerprint density at radius 2 is 1.97 bits per heavy atom. The maximum Gasteiger partial charge on any atom is 0.259 e. The first kappa shape index (κ1) is 24.7. The molecule has 0 bridgehead atoms. The third-order valence-corrected chi connectivity index (χ3v) is 5.92. The van der Waals surface area contributed by atoms with Gasteiger partial charge in [-0.1, -0.05) is 19.1 Å². The summed E-state index contributed by atoms with van der Waals surface area (Å²) in [6.07, 6.45) is 1.50. The number of pyridine rings is 1. The molecule has 1 N–H and O–H groups in total. The van der Waals surface area contributed by atoms with Crippen LogP contribution < -0.4 is 4.74 Å². The van der Waals surface area contributed by atoms with Crippen LogP contribution in [0.1, 0.15) is 34.6 Å². The number of rotatable bonds is 6. The lowest BCUT2D eigenvalue weighted by Gasteiger charge is -2.37. The molecule has 2 heterocycles. The molecule has 3 atom stereocenters. The summed E-state index contributed by atoms with van der Waals surface area (Å²) in [5, 5.41) is 9.79. The highest BCUT2D eigenvalue weighted by Crippen LogP contribution is 2.30. The lowest BCUT2D eigenvalue weighted by Crippen LogP contribution is -2.49. The van der Waals surface area contributed by atoms with E-state index in [1.807, 2.05) is 45.0 Å². The molecular formula is C25H34N4O4. The van der Waals surface area contributed by atoms with Crippen LogP contribution in [0.4, 0.5) is 0 Å².